The number of aryl methyl sites for hydroxylation is 1. The van der Waals surface area contributed by atoms with E-state index in [1.54, 1.807) is 0 Å². The second kappa shape index (κ2) is 6.13. The molecule has 0 amide bonds. The van der Waals surface area contributed by atoms with Gasteiger partial charge in [-0.3, -0.25) is 9.13 Å². The second-order valence-corrected chi connectivity index (χ2v) is 8.45. The van der Waals surface area contributed by atoms with E-state index in [2.05, 4.69) is 33.7 Å². The first-order valence-electron chi connectivity index (χ1n) is 10.0. The predicted molar refractivity (Wildman–Crippen MR) is 105 cm³/mol. The first kappa shape index (κ1) is 16.4. The third kappa shape index (κ3) is 2.42. The standard InChI is InChI=1S/C20H29N5O/c1-23-18-16(24-10-7-20(8-11-24)13-22-14-20)5-2-6-17(18)25(19(23)26)15-4-3-9-21-12-15/h2,5-6,15,21-22H,3-4,7-14H2,1H3. The van der Waals surface area contributed by atoms with Gasteiger partial charge in [-0.2, -0.15) is 0 Å². The Labute approximate surface area is 154 Å². The molecule has 3 fully saturated rings. The normalized spacial score (nSPS) is 25.6. The zero-order valence-corrected chi connectivity index (χ0v) is 15.6. The molecule has 4 heterocycles. The maximum absolute atomic E-state index is 13.1. The number of nitrogens with one attached hydrogen (secondary N) is 2. The molecule has 26 heavy (non-hydrogen) atoms. The van der Waals surface area contributed by atoms with Gasteiger partial charge >= 0.3 is 5.69 Å². The predicted octanol–water partition coefficient (Wildman–Crippen LogP) is 1.45. The minimum atomic E-state index is 0.123. The molecule has 0 saturated carbocycles. The van der Waals surface area contributed by atoms with Crippen molar-refractivity contribution in [3.05, 3.63) is 28.7 Å². The Hall–Kier alpha value is -1.79. The molecule has 6 nitrogen and oxygen atoms in total. The maximum Gasteiger partial charge on any atom is 0.329 e. The maximum atomic E-state index is 13.1. The highest BCUT2D eigenvalue weighted by Crippen LogP contribution is 2.38. The lowest BCUT2D eigenvalue weighted by Gasteiger charge is -2.49. The van der Waals surface area contributed by atoms with Crippen molar-refractivity contribution in [3.63, 3.8) is 0 Å². The number of hydrogen-bond donors (Lipinski definition) is 2. The number of fused-ring (bicyclic) bond motifs is 1. The molecule has 1 unspecified atom stereocenters. The molecular formula is C20H29N5O. The fourth-order valence-corrected chi connectivity index (χ4v) is 5.13. The highest BCUT2D eigenvalue weighted by molar-refractivity contribution is 5.90. The Morgan fingerprint density at radius 2 is 1.96 bits per heavy atom. The van der Waals surface area contributed by atoms with Gasteiger partial charge in [-0.1, -0.05) is 6.07 Å². The van der Waals surface area contributed by atoms with Gasteiger partial charge in [0, 0.05) is 39.8 Å². The summed E-state index contributed by atoms with van der Waals surface area (Å²) in [6.07, 6.45) is 4.71. The van der Waals surface area contributed by atoms with Gasteiger partial charge in [-0.05, 0) is 49.8 Å². The number of piperidine rings is 2. The highest BCUT2D eigenvalue weighted by Gasteiger charge is 2.40. The van der Waals surface area contributed by atoms with E-state index in [0.29, 0.717) is 5.41 Å². The molecule has 140 valence electrons. The van der Waals surface area contributed by atoms with Crippen molar-refractivity contribution in [2.45, 2.75) is 31.7 Å². The molecule has 5 rings (SSSR count). The quantitative estimate of drug-likeness (QED) is 0.856. The van der Waals surface area contributed by atoms with E-state index >= 15 is 0 Å². The number of rotatable bonds is 2. The Kier molecular flexibility index (Phi) is 3.87. The number of hydrogen-bond acceptors (Lipinski definition) is 4. The summed E-state index contributed by atoms with van der Waals surface area (Å²) in [5.74, 6) is 0. The van der Waals surface area contributed by atoms with Gasteiger partial charge in [0.15, 0.2) is 0 Å². The van der Waals surface area contributed by atoms with Crippen LogP contribution in [0.4, 0.5) is 5.69 Å². The van der Waals surface area contributed by atoms with E-state index in [0.717, 1.165) is 50.1 Å². The highest BCUT2D eigenvalue weighted by atomic mass is 16.1. The lowest BCUT2D eigenvalue weighted by Crippen LogP contribution is -2.58. The van der Waals surface area contributed by atoms with Crippen molar-refractivity contribution < 1.29 is 0 Å². The fourth-order valence-electron chi connectivity index (χ4n) is 5.13. The third-order valence-corrected chi connectivity index (χ3v) is 6.88. The molecule has 0 aliphatic carbocycles. The Bertz CT molecular complexity index is 862. The van der Waals surface area contributed by atoms with E-state index in [4.69, 9.17) is 0 Å². The van der Waals surface area contributed by atoms with Crippen molar-refractivity contribution in [1.29, 1.82) is 0 Å². The average Bonchev–Trinajstić information content (AvgIpc) is 2.92. The van der Waals surface area contributed by atoms with Crippen LogP contribution in [0.25, 0.3) is 11.0 Å². The van der Waals surface area contributed by atoms with Crippen LogP contribution in [0, 0.1) is 5.41 Å². The Balaban J connectivity index is 1.54. The lowest BCUT2D eigenvalue weighted by atomic mass is 9.73. The summed E-state index contributed by atoms with van der Waals surface area (Å²) in [4.78, 5) is 15.5. The number of benzene rings is 1. The number of nitrogens with zero attached hydrogens (tertiary/aromatic N) is 3. The zero-order valence-electron chi connectivity index (χ0n) is 15.6. The molecular weight excluding hydrogens is 326 g/mol. The largest absolute Gasteiger partial charge is 0.370 e. The van der Waals surface area contributed by atoms with Crippen LogP contribution in [0.5, 0.6) is 0 Å². The molecule has 3 aliphatic heterocycles. The van der Waals surface area contributed by atoms with E-state index < -0.39 is 0 Å². The van der Waals surface area contributed by atoms with Crippen LogP contribution in [-0.4, -0.2) is 48.4 Å². The van der Waals surface area contributed by atoms with Gasteiger partial charge in [-0.15, -0.1) is 0 Å². The minimum Gasteiger partial charge on any atom is -0.370 e. The number of aromatic nitrogens is 2. The van der Waals surface area contributed by atoms with Gasteiger partial charge in [0.05, 0.1) is 22.8 Å². The molecule has 0 bridgehead atoms. The summed E-state index contributed by atoms with van der Waals surface area (Å²) in [7, 11) is 1.93. The monoisotopic (exact) mass is 355 g/mol. The smallest absolute Gasteiger partial charge is 0.329 e. The lowest BCUT2D eigenvalue weighted by molar-refractivity contribution is 0.126. The molecule has 1 aromatic carbocycles. The molecule has 3 aliphatic rings. The first-order chi connectivity index (χ1) is 12.7. The second-order valence-electron chi connectivity index (χ2n) is 8.45. The summed E-state index contributed by atoms with van der Waals surface area (Å²) in [5.41, 5.74) is 4.08. The van der Waals surface area contributed by atoms with E-state index in [9.17, 15) is 4.79 Å². The van der Waals surface area contributed by atoms with Crippen molar-refractivity contribution in [2.75, 3.05) is 44.2 Å². The molecule has 3 saturated heterocycles. The minimum absolute atomic E-state index is 0.123. The molecule has 2 N–H and O–H groups in total. The molecule has 2 aromatic rings. The SMILES string of the molecule is Cn1c(=O)n(C2CCCNC2)c2cccc(N3CCC4(CC3)CNC4)c21. The summed E-state index contributed by atoms with van der Waals surface area (Å²) in [6.45, 7) is 6.48. The van der Waals surface area contributed by atoms with E-state index in [1.165, 1.54) is 31.6 Å². The number of anilines is 1. The molecule has 6 heteroatoms. The molecule has 1 aromatic heterocycles. The van der Waals surface area contributed by atoms with Crippen LogP contribution in [0.2, 0.25) is 0 Å². The van der Waals surface area contributed by atoms with Crippen LogP contribution in [0.15, 0.2) is 23.0 Å². The van der Waals surface area contributed by atoms with Crippen LogP contribution >= 0.6 is 0 Å². The van der Waals surface area contributed by atoms with Crippen LogP contribution in [0.3, 0.4) is 0 Å². The first-order valence-corrected chi connectivity index (χ1v) is 10.0. The van der Waals surface area contributed by atoms with Crippen LogP contribution in [0.1, 0.15) is 31.7 Å². The van der Waals surface area contributed by atoms with Gasteiger partial charge in [0.25, 0.3) is 0 Å². The van der Waals surface area contributed by atoms with Crippen molar-refractivity contribution in [2.24, 2.45) is 12.5 Å². The topological polar surface area (TPSA) is 54.2 Å². The van der Waals surface area contributed by atoms with Gasteiger partial charge < -0.3 is 15.5 Å². The van der Waals surface area contributed by atoms with Gasteiger partial charge in [0.2, 0.25) is 0 Å². The van der Waals surface area contributed by atoms with Crippen molar-refractivity contribution >= 4 is 16.7 Å². The van der Waals surface area contributed by atoms with Crippen molar-refractivity contribution in [3.8, 4) is 0 Å². The average molecular weight is 355 g/mol. The van der Waals surface area contributed by atoms with Gasteiger partial charge in [0.1, 0.15) is 0 Å². The van der Waals surface area contributed by atoms with E-state index in [-0.39, 0.29) is 11.7 Å². The van der Waals surface area contributed by atoms with Crippen molar-refractivity contribution in [1.82, 2.24) is 19.8 Å². The number of para-hydroxylation sites is 1. The fraction of sp³-hybridized carbons (Fsp3) is 0.650. The molecule has 0 radical (unpaired) electrons. The summed E-state index contributed by atoms with van der Waals surface area (Å²) >= 11 is 0. The summed E-state index contributed by atoms with van der Waals surface area (Å²) in [5, 5.41) is 6.89. The van der Waals surface area contributed by atoms with Crippen LogP contribution in [-0.2, 0) is 7.05 Å². The van der Waals surface area contributed by atoms with Gasteiger partial charge in [-0.25, -0.2) is 4.79 Å². The molecule has 1 spiro atoms. The third-order valence-electron chi connectivity index (χ3n) is 6.88. The van der Waals surface area contributed by atoms with E-state index in [1.807, 2.05) is 16.2 Å². The zero-order chi connectivity index (χ0) is 17.7. The Morgan fingerprint density at radius 3 is 2.62 bits per heavy atom. The summed E-state index contributed by atoms with van der Waals surface area (Å²) < 4.78 is 3.90. The van der Waals surface area contributed by atoms with Crippen LogP contribution < -0.4 is 21.2 Å². The number of imidazole rings is 1. The Morgan fingerprint density at radius 1 is 1.15 bits per heavy atom. The molecule has 1 atom stereocenters. The summed E-state index contributed by atoms with van der Waals surface area (Å²) in [6, 6.07) is 6.71.